The van der Waals surface area contributed by atoms with Gasteiger partial charge < -0.3 is 20.1 Å². The molecule has 0 amide bonds. The van der Waals surface area contributed by atoms with Crippen LogP contribution in [0.5, 0.6) is 0 Å². The zero-order chi connectivity index (χ0) is 16.4. The lowest BCUT2D eigenvalue weighted by molar-refractivity contribution is -0.174. The molecule has 6 nitrogen and oxygen atoms in total. The zero-order valence-corrected chi connectivity index (χ0v) is 13.1. The van der Waals surface area contributed by atoms with E-state index in [1.807, 2.05) is 0 Å². The van der Waals surface area contributed by atoms with Gasteiger partial charge in [0.1, 0.15) is 6.10 Å². The van der Waals surface area contributed by atoms with Gasteiger partial charge in [0.2, 0.25) is 0 Å². The number of rotatable bonds is 4. The summed E-state index contributed by atoms with van der Waals surface area (Å²) in [5.74, 6) is -2.69. The Morgan fingerprint density at radius 2 is 1.18 bits per heavy atom. The fourth-order valence-corrected chi connectivity index (χ4v) is 2.74. The molecule has 0 heterocycles. The summed E-state index contributed by atoms with van der Waals surface area (Å²) < 4.78 is 5.22. The highest BCUT2D eigenvalue weighted by molar-refractivity contribution is 5.84. The summed E-state index contributed by atoms with van der Waals surface area (Å²) in [6.07, 6.45) is 7.21. The van der Waals surface area contributed by atoms with E-state index in [1.165, 1.54) is 32.1 Å². The van der Waals surface area contributed by atoms with E-state index in [0.717, 1.165) is 38.5 Å². The fraction of sp³-hybridized carbons (Fsp3) is 0.875. The SMILES string of the molecule is O=C(O)C(O)C(O)C(=O)OC1CCCCCCCCCCC1. The lowest BCUT2D eigenvalue weighted by Crippen LogP contribution is -2.41. The molecule has 0 aliphatic heterocycles. The first-order valence-corrected chi connectivity index (χ1v) is 8.32. The molecular formula is C16H28O6. The molecule has 0 aromatic heterocycles. The van der Waals surface area contributed by atoms with Crippen molar-refractivity contribution in [3.8, 4) is 0 Å². The van der Waals surface area contributed by atoms with Crippen LogP contribution < -0.4 is 0 Å². The predicted molar refractivity (Wildman–Crippen MR) is 80.3 cm³/mol. The summed E-state index contributed by atoms with van der Waals surface area (Å²) in [6, 6.07) is 0. The van der Waals surface area contributed by atoms with Crippen molar-refractivity contribution >= 4 is 11.9 Å². The highest BCUT2D eigenvalue weighted by Gasteiger charge is 2.32. The Hall–Kier alpha value is -1.14. The molecule has 0 saturated heterocycles. The van der Waals surface area contributed by atoms with Crippen LogP contribution in [0.25, 0.3) is 0 Å². The van der Waals surface area contributed by atoms with E-state index in [4.69, 9.17) is 9.84 Å². The highest BCUT2D eigenvalue weighted by atomic mass is 16.6. The second kappa shape index (κ2) is 10.6. The summed E-state index contributed by atoms with van der Waals surface area (Å²) in [5, 5.41) is 27.3. The molecule has 22 heavy (non-hydrogen) atoms. The third-order valence-corrected chi connectivity index (χ3v) is 4.13. The lowest BCUT2D eigenvalue weighted by atomic mass is 9.99. The Labute approximate surface area is 131 Å². The first-order valence-electron chi connectivity index (χ1n) is 8.32. The van der Waals surface area contributed by atoms with Crippen molar-refractivity contribution in [3.63, 3.8) is 0 Å². The molecular weight excluding hydrogens is 288 g/mol. The van der Waals surface area contributed by atoms with Crippen molar-refractivity contribution in [1.82, 2.24) is 0 Å². The molecule has 0 aromatic carbocycles. The summed E-state index contributed by atoms with van der Waals surface area (Å²) in [7, 11) is 0. The molecule has 1 rings (SSSR count). The van der Waals surface area contributed by atoms with E-state index in [1.54, 1.807) is 0 Å². The average Bonchev–Trinajstić information content (AvgIpc) is 2.48. The number of hydrogen-bond acceptors (Lipinski definition) is 5. The van der Waals surface area contributed by atoms with Gasteiger partial charge in [0.25, 0.3) is 0 Å². The van der Waals surface area contributed by atoms with Gasteiger partial charge >= 0.3 is 11.9 Å². The molecule has 2 unspecified atom stereocenters. The second-order valence-electron chi connectivity index (χ2n) is 6.05. The Kier molecular flexibility index (Phi) is 9.08. The number of carbonyl (C=O) groups excluding carboxylic acids is 1. The highest BCUT2D eigenvalue weighted by Crippen LogP contribution is 2.19. The van der Waals surface area contributed by atoms with Crippen LogP contribution in [0.4, 0.5) is 0 Å². The predicted octanol–water partition coefficient (Wildman–Crippen LogP) is 2.01. The van der Waals surface area contributed by atoms with Gasteiger partial charge in [-0.15, -0.1) is 0 Å². The zero-order valence-electron chi connectivity index (χ0n) is 13.1. The number of aliphatic hydroxyl groups is 2. The standard InChI is InChI=1S/C16H28O6/c17-13(15(19)20)14(18)16(21)22-12-10-8-6-4-2-1-3-5-7-9-11-12/h12-14,17-18H,1-11H2,(H,19,20). The van der Waals surface area contributed by atoms with E-state index >= 15 is 0 Å². The van der Waals surface area contributed by atoms with Crippen LogP contribution in [0, 0.1) is 0 Å². The second-order valence-corrected chi connectivity index (χ2v) is 6.05. The Morgan fingerprint density at radius 3 is 1.59 bits per heavy atom. The quantitative estimate of drug-likeness (QED) is 0.685. The third-order valence-electron chi connectivity index (χ3n) is 4.13. The van der Waals surface area contributed by atoms with Crippen molar-refractivity contribution in [2.45, 2.75) is 88.9 Å². The Balaban J connectivity index is 2.47. The van der Waals surface area contributed by atoms with E-state index in [2.05, 4.69) is 0 Å². The molecule has 1 aliphatic rings. The Morgan fingerprint density at radius 1 is 0.773 bits per heavy atom. The van der Waals surface area contributed by atoms with Crippen molar-refractivity contribution < 1.29 is 29.6 Å². The summed E-state index contributed by atoms with van der Waals surface area (Å²) >= 11 is 0. The maximum atomic E-state index is 11.7. The molecule has 3 N–H and O–H groups in total. The number of aliphatic hydroxyl groups excluding tert-OH is 2. The fourth-order valence-electron chi connectivity index (χ4n) is 2.74. The minimum Gasteiger partial charge on any atom is -0.479 e. The van der Waals surface area contributed by atoms with Crippen molar-refractivity contribution in [1.29, 1.82) is 0 Å². The third kappa shape index (κ3) is 7.22. The van der Waals surface area contributed by atoms with Gasteiger partial charge in [-0.05, 0) is 25.7 Å². The molecule has 0 bridgehead atoms. The molecule has 0 radical (unpaired) electrons. The van der Waals surface area contributed by atoms with Gasteiger partial charge in [0.05, 0.1) is 0 Å². The average molecular weight is 316 g/mol. The number of aliphatic carboxylic acids is 1. The maximum Gasteiger partial charge on any atom is 0.338 e. The van der Waals surface area contributed by atoms with Crippen LogP contribution in [-0.2, 0) is 14.3 Å². The smallest absolute Gasteiger partial charge is 0.338 e. The first-order chi connectivity index (χ1) is 10.5. The van der Waals surface area contributed by atoms with Crippen molar-refractivity contribution in [2.75, 3.05) is 0 Å². The van der Waals surface area contributed by atoms with E-state index in [0.29, 0.717) is 0 Å². The van der Waals surface area contributed by atoms with E-state index in [9.17, 15) is 19.8 Å². The molecule has 1 saturated carbocycles. The number of esters is 1. The molecule has 6 heteroatoms. The first kappa shape index (κ1) is 18.9. The molecule has 2 atom stereocenters. The van der Waals surface area contributed by atoms with Crippen LogP contribution in [-0.4, -0.2) is 45.6 Å². The van der Waals surface area contributed by atoms with Gasteiger partial charge in [0.15, 0.2) is 12.2 Å². The molecule has 1 aliphatic carbocycles. The number of carbonyl (C=O) groups is 2. The van der Waals surface area contributed by atoms with Gasteiger partial charge in [0, 0.05) is 0 Å². The molecule has 0 spiro atoms. The van der Waals surface area contributed by atoms with Crippen molar-refractivity contribution in [2.24, 2.45) is 0 Å². The number of carboxylic acid groups (broad SMARTS) is 1. The molecule has 0 aromatic rings. The van der Waals surface area contributed by atoms with Crippen LogP contribution in [0.3, 0.4) is 0 Å². The number of carboxylic acids is 1. The molecule has 128 valence electrons. The van der Waals surface area contributed by atoms with Gasteiger partial charge in [-0.1, -0.05) is 44.9 Å². The molecule has 1 fully saturated rings. The van der Waals surface area contributed by atoms with Crippen LogP contribution in [0.2, 0.25) is 0 Å². The normalized spacial score (nSPS) is 21.9. The number of hydrogen-bond donors (Lipinski definition) is 3. The van der Waals surface area contributed by atoms with Gasteiger partial charge in [-0.25, -0.2) is 9.59 Å². The summed E-state index contributed by atoms with van der Waals surface area (Å²) in [6.45, 7) is 0. The lowest BCUT2D eigenvalue weighted by Gasteiger charge is -2.21. The topological polar surface area (TPSA) is 104 Å². The monoisotopic (exact) mass is 316 g/mol. The van der Waals surface area contributed by atoms with E-state index < -0.39 is 24.1 Å². The van der Waals surface area contributed by atoms with E-state index in [-0.39, 0.29) is 6.10 Å². The van der Waals surface area contributed by atoms with Crippen LogP contribution >= 0.6 is 0 Å². The Bertz CT molecular complexity index is 332. The van der Waals surface area contributed by atoms with Crippen LogP contribution in [0.1, 0.15) is 70.6 Å². The van der Waals surface area contributed by atoms with Crippen LogP contribution in [0.15, 0.2) is 0 Å². The maximum absolute atomic E-state index is 11.7. The minimum atomic E-state index is -2.14. The largest absolute Gasteiger partial charge is 0.479 e. The minimum absolute atomic E-state index is 0.303. The number of ether oxygens (including phenoxy) is 1. The van der Waals surface area contributed by atoms with Gasteiger partial charge in [-0.3, -0.25) is 0 Å². The summed E-state index contributed by atoms with van der Waals surface area (Å²) in [4.78, 5) is 22.3. The van der Waals surface area contributed by atoms with Gasteiger partial charge in [-0.2, -0.15) is 0 Å². The summed E-state index contributed by atoms with van der Waals surface area (Å²) in [5.41, 5.74) is 0. The van der Waals surface area contributed by atoms with Crippen molar-refractivity contribution in [3.05, 3.63) is 0 Å².